The van der Waals surface area contributed by atoms with Gasteiger partial charge in [0.2, 0.25) is 0 Å². The first-order valence-electron chi connectivity index (χ1n) is 4.22. The van der Waals surface area contributed by atoms with E-state index in [0.29, 0.717) is 0 Å². The highest BCUT2D eigenvalue weighted by Gasteiger charge is 2.18. The fourth-order valence-corrected chi connectivity index (χ4v) is 1.01. The van der Waals surface area contributed by atoms with Crippen LogP contribution in [0.5, 0.6) is 0 Å². The maximum absolute atomic E-state index is 10.7. The van der Waals surface area contributed by atoms with Crippen molar-refractivity contribution in [3.63, 3.8) is 0 Å². The van der Waals surface area contributed by atoms with Crippen molar-refractivity contribution in [2.45, 2.75) is 6.92 Å². The molecule has 0 aromatic heterocycles. The highest BCUT2D eigenvalue weighted by Crippen LogP contribution is 2.28. The van der Waals surface area contributed by atoms with Gasteiger partial charge < -0.3 is 0 Å². The van der Waals surface area contributed by atoms with Gasteiger partial charge in [0.15, 0.2) is 0 Å². The number of rotatable bonds is 4. The average molecular weight is 226 g/mol. The Balaban J connectivity index is 3.19. The first kappa shape index (κ1) is 11.6. The van der Waals surface area contributed by atoms with E-state index >= 15 is 0 Å². The van der Waals surface area contributed by atoms with Gasteiger partial charge in [-0.05, 0) is 13.0 Å². The summed E-state index contributed by atoms with van der Waals surface area (Å²) in [6.45, 7) is 1.63. The van der Waals surface area contributed by atoms with Crippen molar-refractivity contribution in [3.05, 3.63) is 38.4 Å². The van der Waals surface area contributed by atoms with Crippen molar-refractivity contribution in [2.75, 3.05) is 5.43 Å². The molecule has 16 heavy (non-hydrogen) atoms. The van der Waals surface area contributed by atoms with E-state index in [1.165, 1.54) is 18.3 Å². The van der Waals surface area contributed by atoms with Crippen LogP contribution >= 0.6 is 0 Å². The van der Waals surface area contributed by atoms with Crippen LogP contribution in [0, 0.1) is 20.2 Å². The molecule has 0 bridgehead atoms. The molecule has 0 aliphatic carbocycles. The molecular weight excluding hydrogens is 218 g/mol. The van der Waals surface area contributed by atoms with E-state index < -0.39 is 9.85 Å². The fraction of sp³-hybridized carbons (Fsp3) is 0.125. The number of nitrogens with one attached hydrogen (secondary N) is 1. The van der Waals surface area contributed by atoms with Gasteiger partial charge in [0.05, 0.1) is 15.9 Å². The second-order valence-electron chi connectivity index (χ2n) is 2.71. The molecule has 0 aliphatic heterocycles. The maximum Gasteiger partial charge on any atom is 0.301 e. The summed E-state index contributed by atoms with van der Waals surface area (Å²) >= 11 is 0. The van der Waals surface area contributed by atoms with Crippen molar-refractivity contribution in [3.8, 4) is 0 Å². The van der Waals surface area contributed by atoms with Gasteiger partial charge in [0.25, 0.3) is 5.69 Å². The second kappa shape index (κ2) is 4.82. The molecule has 1 N–H and O–H groups in total. The Morgan fingerprint density at radius 2 is 2.00 bits per heavy atom. The van der Waals surface area contributed by atoms with Gasteiger partial charge in [-0.3, -0.25) is 25.7 Å². The Morgan fingerprint density at radius 3 is 2.50 bits per heavy atom. The molecule has 0 heterocycles. The van der Waals surface area contributed by atoms with Gasteiger partial charge in [0.1, 0.15) is 5.69 Å². The number of nitrogens with zero attached hydrogens (tertiary/aromatic N) is 3. The smallest absolute Gasteiger partial charge is 0.272 e. The molecule has 0 amide bonds. The van der Waals surface area contributed by atoms with Crippen molar-refractivity contribution in [1.29, 1.82) is 0 Å². The molecule has 1 aromatic rings. The summed E-state index contributed by atoms with van der Waals surface area (Å²) in [7, 11) is 0. The van der Waals surface area contributed by atoms with Crippen LogP contribution in [0.25, 0.3) is 0 Å². The van der Waals surface area contributed by atoms with E-state index in [9.17, 15) is 20.2 Å². The molecule has 8 heteroatoms. The monoisotopic (exact) mass is 226 g/mol. The lowest BCUT2D eigenvalue weighted by molar-refractivity contribution is -0.393. The Kier molecular flexibility index (Phi) is 3.49. The first-order valence-corrected chi connectivity index (χ1v) is 4.22. The van der Waals surface area contributed by atoms with Gasteiger partial charge in [-0.2, -0.15) is 5.10 Å². The number of nitro groups is 2. The zero-order valence-corrected chi connectivity index (χ0v) is 8.28. The Hall–Kier alpha value is -2.51. The van der Waals surface area contributed by atoms with Crippen LogP contribution in [0.15, 0.2) is 23.3 Å². The molecule has 0 radical (unpaired) electrons. The lowest BCUT2D eigenvalue weighted by Gasteiger charge is -2.01. The Bertz CT molecular complexity index is 457. The number of anilines is 1. The number of nitro benzene ring substituents is 2. The van der Waals surface area contributed by atoms with Gasteiger partial charge in [-0.25, -0.2) is 0 Å². The average Bonchev–Trinajstić information content (AvgIpc) is 2.25. The summed E-state index contributed by atoms with van der Waals surface area (Å²) in [5.74, 6) is 0. The lowest BCUT2D eigenvalue weighted by Crippen LogP contribution is -1.98. The summed E-state index contributed by atoms with van der Waals surface area (Å²) in [5, 5.41) is 24.7. The Labute approximate surface area is 89.9 Å². The number of benzene rings is 1. The summed E-state index contributed by atoms with van der Waals surface area (Å²) in [6.07, 6.45) is 1.41. The van der Waals surface area contributed by atoms with Crippen molar-refractivity contribution < 1.29 is 9.85 Å². The standard InChI is InChI=1S/C8H8N4O4/c1-2-9-10-7-4-3-6(11(13)14)5-8(7)12(15)16/h2-5,10H,1H3/b9-2+/i1+1,2+1. The number of non-ortho nitro benzene ring substituents is 1. The van der Waals surface area contributed by atoms with E-state index in [1.54, 1.807) is 6.92 Å². The zero-order chi connectivity index (χ0) is 12.1. The van der Waals surface area contributed by atoms with Gasteiger partial charge in [-0.1, -0.05) is 0 Å². The van der Waals surface area contributed by atoms with Crippen LogP contribution < -0.4 is 5.43 Å². The molecule has 0 aliphatic rings. The van der Waals surface area contributed by atoms with Crippen LogP contribution in [0.1, 0.15) is 6.92 Å². The van der Waals surface area contributed by atoms with Gasteiger partial charge in [0, 0.05) is 12.3 Å². The normalized spacial score (nSPS) is 10.3. The number of hydrogen-bond donors (Lipinski definition) is 1. The molecule has 8 nitrogen and oxygen atoms in total. The van der Waals surface area contributed by atoms with Crippen molar-refractivity contribution >= 4 is 23.3 Å². The van der Waals surface area contributed by atoms with Crippen LogP contribution in [0.2, 0.25) is 0 Å². The third kappa shape index (κ3) is 2.50. The van der Waals surface area contributed by atoms with Crippen LogP contribution in [0.3, 0.4) is 0 Å². The maximum atomic E-state index is 10.7. The molecule has 84 valence electrons. The topological polar surface area (TPSA) is 111 Å². The molecule has 0 atom stereocenters. The van der Waals surface area contributed by atoms with E-state index in [0.717, 1.165) is 6.07 Å². The van der Waals surface area contributed by atoms with Gasteiger partial charge in [-0.15, -0.1) is 0 Å². The minimum absolute atomic E-state index is 0.105. The molecular formula is C8H8N4O4. The Morgan fingerprint density at radius 1 is 1.31 bits per heavy atom. The molecule has 0 saturated heterocycles. The highest BCUT2D eigenvalue weighted by molar-refractivity contribution is 5.66. The summed E-state index contributed by atoms with van der Waals surface area (Å²) in [4.78, 5) is 19.7. The predicted octanol–water partition coefficient (Wildman–Crippen LogP) is 1.92. The van der Waals surface area contributed by atoms with E-state index in [4.69, 9.17) is 0 Å². The fourth-order valence-electron chi connectivity index (χ4n) is 1.01. The van der Waals surface area contributed by atoms with Crippen molar-refractivity contribution in [1.82, 2.24) is 0 Å². The van der Waals surface area contributed by atoms with E-state index in [2.05, 4.69) is 10.5 Å². The largest absolute Gasteiger partial charge is 0.301 e. The molecule has 0 spiro atoms. The van der Waals surface area contributed by atoms with Crippen LogP contribution in [-0.2, 0) is 0 Å². The zero-order valence-electron chi connectivity index (χ0n) is 8.28. The van der Waals surface area contributed by atoms with Crippen molar-refractivity contribution in [2.24, 2.45) is 5.10 Å². The predicted molar refractivity (Wildman–Crippen MR) is 57.5 cm³/mol. The lowest BCUT2D eigenvalue weighted by atomic mass is 10.2. The molecule has 1 aromatic carbocycles. The minimum Gasteiger partial charge on any atom is -0.272 e. The third-order valence-electron chi connectivity index (χ3n) is 1.70. The quantitative estimate of drug-likeness (QED) is 0.365. The molecule has 0 saturated carbocycles. The van der Waals surface area contributed by atoms with E-state index in [-0.39, 0.29) is 17.1 Å². The van der Waals surface area contributed by atoms with Crippen LogP contribution in [0.4, 0.5) is 17.1 Å². The summed E-state index contributed by atoms with van der Waals surface area (Å²) in [5.41, 5.74) is 1.80. The number of hydrazone groups is 1. The SMILES string of the molecule is [13CH3]/[13CH]=N/Nc1ccc([N+](=O)[O-])cc1[N+](=O)[O-]. The van der Waals surface area contributed by atoms with Gasteiger partial charge >= 0.3 is 5.69 Å². The molecule has 1 rings (SSSR count). The molecule has 0 fully saturated rings. The molecule has 0 unspecified atom stereocenters. The second-order valence-corrected chi connectivity index (χ2v) is 2.71. The highest BCUT2D eigenvalue weighted by atomic mass is 16.6. The number of hydrogen-bond acceptors (Lipinski definition) is 6. The van der Waals surface area contributed by atoms with Crippen LogP contribution in [-0.4, -0.2) is 16.1 Å². The minimum atomic E-state index is -0.708. The third-order valence-corrected chi connectivity index (χ3v) is 1.70. The summed E-state index contributed by atoms with van der Waals surface area (Å²) in [6, 6.07) is 3.29. The van der Waals surface area contributed by atoms with E-state index in [1.807, 2.05) is 0 Å². The first-order chi connectivity index (χ1) is 7.56. The summed E-state index contributed by atoms with van der Waals surface area (Å²) < 4.78 is 0.